The second-order valence-electron chi connectivity index (χ2n) is 6.31. The van der Waals surface area contributed by atoms with E-state index in [0.29, 0.717) is 0 Å². The summed E-state index contributed by atoms with van der Waals surface area (Å²) in [5.41, 5.74) is -2.29. The minimum absolute atomic E-state index is 0.0294. The Balaban J connectivity index is 2.80. The molecule has 1 amide bonds. The van der Waals surface area contributed by atoms with Crippen LogP contribution in [0, 0.1) is 16.0 Å². The molecule has 0 saturated carbocycles. The molecule has 0 bridgehead atoms. The molecule has 0 aliphatic rings. The summed E-state index contributed by atoms with van der Waals surface area (Å²) in [4.78, 5) is 22.5. The Morgan fingerprint density at radius 1 is 1.55 bits per heavy atom. The molecule has 2 atom stereocenters. The molecule has 0 aliphatic heterocycles. The van der Waals surface area contributed by atoms with Gasteiger partial charge in [-0.3, -0.25) is 19.6 Å². The summed E-state index contributed by atoms with van der Waals surface area (Å²) in [6, 6.07) is 0. The van der Waals surface area contributed by atoms with Crippen LogP contribution in [0.15, 0.2) is 12.4 Å². The molecule has 8 nitrogen and oxygen atoms in total. The number of hydrogen-bond donors (Lipinski definition) is 2. The SMILES string of the molecule is CCC(C)C(C)(O)CNC(=O)C(C)(C)n1cc([N+](=O)[O-])cn1. The first-order valence-electron chi connectivity index (χ1n) is 7.22. The number of carbonyl (C=O) groups excluding carboxylic acids is 1. The van der Waals surface area contributed by atoms with E-state index in [9.17, 15) is 20.0 Å². The van der Waals surface area contributed by atoms with Crippen LogP contribution in [-0.2, 0) is 10.3 Å². The van der Waals surface area contributed by atoms with Gasteiger partial charge in [0.2, 0.25) is 5.91 Å². The first kappa shape index (κ1) is 18.1. The van der Waals surface area contributed by atoms with Crippen LogP contribution in [0.4, 0.5) is 5.69 Å². The fraction of sp³-hybridized carbons (Fsp3) is 0.714. The van der Waals surface area contributed by atoms with Crippen molar-refractivity contribution in [2.24, 2.45) is 5.92 Å². The Hall–Kier alpha value is -1.96. The highest BCUT2D eigenvalue weighted by molar-refractivity contribution is 5.83. The van der Waals surface area contributed by atoms with Gasteiger partial charge in [0.15, 0.2) is 0 Å². The van der Waals surface area contributed by atoms with E-state index >= 15 is 0 Å². The number of aliphatic hydroxyl groups is 1. The summed E-state index contributed by atoms with van der Waals surface area (Å²) in [6.07, 6.45) is 3.11. The number of hydrogen-bond acceptors (Lipinski definition) is 5. The Bertz CT molecular complexity index is 551. The molecule has 1 rings (SSSR count). The summed E-state index contributed by atoms with van der Waals surface area (Å²) < 4.78 is 1.25. The van der Waals surface area contributed by atoms with Gasteiger partial charge in [0, 0.05) is 6.54 Å². The molecule has 22 heavy (non-hydrogen) atoms. The summed E-state index contributed by atoms with van der Waals surface area (Å²) >= 11 is 0. The van der Waals surface area contributed by atoms with E-state index in [1.807, 2.05) is 13.8 Å². The zero-order chi connectivity index (χ0) is 17.1. The maximum absolute atomic E-state index is 12.3. The van der Waals surface area contributed by atoms with Crippen LogP contribution in [0.1, 0.15) is 41.0 Å². The first-order chi connectivity index (χ1) is 10.0. The van der Waals surface area contributed by atoms with E-state index < -0.39 is 16.1 Å². The lowest BCUT2D eigenvalue weighted by Crippen LogP contribution is -2.51. The van der Waals surface area contributed by atoms with E-state index in [2.05, 4.69) is 10.4 Å². The minimum atomic E-state index is -1.10. The number of amides is 1. The van der Waals surface area contributed by atoms with E-state index in [4.69, 9.17) is 0 Å². The standard InChI is InChI=1S/C14H24N4O4/c1-6-10(2)14(5,20)9-15-12(19)13(3,4)17-8-11(7-16-17)18(21)22/h7-8,10,20H,6,9H2,1-5H3,(H,15,19). The molecule has 0 radical (unpaired) electrons. The molecular formula is C14H24N4O4. The number of aromatic nitrogens is 2. The third-order valence-corrected chi connectivity index (χ3v) is 4.19. The third-order valence-electron chi connectivity index (χ3n) is 4.19. The van der Waals surface area contributed by atoms with Gasteiger partial charge in [0.05, 0.1) is 10.5 Å². The highest BCUT2D eigenvalue weighted by Crippen LogP contribution is 2.21. The van der Waals surface area contributed by atoms with Crippen molar-refractivity contribution in [3.05, 3.63) is 22.5 Å². The average Bonchev–Trinajstić information content (AvgIpc) is 2.94. The predicted octanol–water partition coefficient (Wildman–Crippen LogP) is 1.44. The lowest BCUT2D eigenvalue weighted by atomic mass is 9.88. The van der Waals surface area contributed by atoms with Crippen LogP contribution >= 0.6 is 0 Å². The number of rotatable bonds is 7. The van der Waals surface area contributed by atoms with Crippen LogP contribution < -0.4 is 5.32 Å². The fourth-order valence-electron chi connectivity index (χ4n) is 1.91. The molecule has 2 N–H and O–H groups in total. The van der Waals surface area contributed by atoms with Gasteiger partial charge in [0.1, 0.15) is 17.9 Å². The minimum Gasteiger partial charge on any atom is -0.388 e. The van der Waals surface area contributed by atoms with Crippen LogP contribution in [0.5, 0.6) is 0 Å². The monoisotopic (exact) mass is 312 g/mol. The quantitative estimate of drug-likeness (QED) is 0.584. The van der Waals surface area contributed by atoms with Crippen molar-refractivity contribution in [1.29, 1.82) is 0 Å². The lowest BCUT2D eigenvalue weighted by molar-refractivity contribution is -0.385. The molecule has 8 heteroatoms. The maximum atomic E-state index is 12.3. The highest BCUT2D eigenvalue weighted by atomic mass is 16.6. The molecular weight excluding hydrogens is 288 g/mol. The largest absolute Gasteiger partial charge is 0.388 e. The first-order valence-corrected chi connectivity index (χ1v) is 7.22. The van der Waals surface area contributed by atoms with Gasteiger partial charge >= 0.3 is 5.69 Å². The molecule has 0 aromatic carbocycles. The van der Waals surface area contributed by atoms with Gasteiger partial charge in [-0.15, -0.1) is 0 Å². The van der Waals surface area contributed by atoms with Crippen molar-refractivity contribution in [3.8, 4) is 0 Å². The Morgan fingerprint density at radius 2 is 2.14 bits per heavy atom. The summed E-state index contributed by atoms with van der Waals surface area (Å²) in [5, 5.41) is 27.6. The Kier molecular flexibility index (Phi) is 5.29. The van der Waals surface area contributed by atoms with Crippen molar-refractivity contribution in [1.82, 2.24) is 15.1 Å². The van der Waals surface area contributed by atoms with Gasteiger partial charge in [-0.05, 0) is 26.7 Å². The van der Waals surface area contributed by atoms with Crippen LogP contribution in [0.25, 0.3) is 0 Å². The second-order valence-corrected chi connectivity index (χ2v) is 6.31. The third kappa shape index (κ3) is 3.82. The van der Waals surface area contributed by atoms with Gasteiger partial charge in [-0.2, -0.15) is 5.10 Å². The number of nitrogens with zero attached hydrogens (tertiary/aromatic N) is 3. The Morgan fingerprint density at radius 3 is 2.59 bits per heavy atom. The van der Waals surface area contributed by atoms with Crippen molar-refractivity contribution in [3.63, 3.8) is 0 Å². The molecule has 0 spiro atoms. The molecule has 1 aromatic rings. The van der Waals surface area contributed by atoms with Crippen molar-refractivity contribution < 1.29 is 14.8 Å². The van der Waals surface area contributed by atoms with Crippen molar-refractivity contribution >= 4 is 11.6 Å². The summed E-state index contributed by atoms with van der Waals surface area (Å²) in [5.74, 6) is -0.337. The molecule has 0 saturated heterocycles. The lowest BCUT2D eigenvalue weighted by Gasteiger charge is -2.32. The van der Waals surface area contributed by atoms with Crippen LogP contribution in [0.3, 0.4) is 0 Å². The van der Waals surface area contributed by atoms with E-state index in [0.717, 1.165) is 12.6 Å². The van der Waals surface area contributed by atoms with Crippen LogP contribution in [0.2, 0.25) is 0 Å². The average molecular weight is 312 g/mol. The van der Waals surface area contributed by atoms with Gasteiger partial charge in [-0.1, -0.05) is 20.3 Å². The Labute approximate surface area is 129 Å². The topological polar surface area (TPSA) is 110 Å². The maximum Gasteiger partial charge on any atom is 0.307 e. The van der Waals surface area contributed by atoms with Gasteiger partial charge in [-0.25, -0.2) is 0 Å². The normalized spacial score (nSPS) is 15.9. The number of nitro groups is 1. The second kappa shape index (κ2) is 6.43. The number of carbonyl (C=O) groups is 1. The molecule has 0 fully saturated rings. The fourth-order valence-corrected chi connectivity index (χ4v) is 1.91. The molecule has 124 valence electrons. The molecule has 1 aromatic heterocycles. The van der Waals surface area contributed by atoms with Gasteiger partial charge in [0.25, 0.3) is 0 Å². The van der Waals surface area contributed by atoms with Crippen molar-refractivity contribution in [2.45, 2.75) is 52.2 Å². The summed E-state index contributed by atoms with van der Waals surface area (Å²) in [6.45, 7) is 8.87. The van der Waals surface area contributed by atoms with Crippen molar-refractivity contribution in [2.75, 3.05) is 6.54 Å². The van der Waals surface area contributed by atoms with Gasteiger partial charge < -0.3 is 10.4 Å². The van der Waals surface area contributed by atoms with E-state index in [-0.39, 0.29) is 24.1 Å². The zero-order valence-corrected chi connectivity index (χ0v) is 13.7. The summed E-state index contributed by atoms with van der Waals surface area (Å²) in [7, 11) is 0. The van der Waals surface area contributed by atoms with E-state index in [1.54, 1.807) is 20.8 Å². The highest BCUT2D eigenvalue weighted by Gasteiger charge is 2.34. The predicted molar refractivity (Wildman–Crippen MR) is 81.3 cm³/mol. The molecule has 0 aliphatic carbocycles. The molecule has 1 heterocycles. The number of nitrogens with one attached hydrogen (secondary N) is 1. The smallest absolute Gasteiger partial charge is 0.307 e. The van der Waals surface area contributed by atoms with E-state index in [1.165, 1.54) is 10.9 Å². The molecule has 2 unspecified atom stereocenters. The zero-order valence-electron chi connectivity index (χ0n) is 13.7. The van der Waals surface area contributed by atoms with Crippen LogP contribution in [-0.4, -0.2) is 37.9 Å².